The van der Waals surface area contributed by atoms with Gasteiger partial charge in [-0.1, -0.05) is 30.3 Å². The Kier molecular flexibility index (Phi) is 4.70. The lowest BCUT2D eigenvalue weighted by Gasteiger charge is -2.28. The highest BCUT2D eigenvalue weighted by atomic mass is 16.5. The third-order valence-electron chi connectivity index (χ3n) is 3.99. The summed E-state index contributed by atoms with van der Waals surface area (Å²) in [6, 6.07) is 15.6. The van der Waals surface area contributed by atoms with Crippen LogP contribution in [0, 0.1) is 0 Å². The van der Waals surface area contributed by atoms with Crippen molar-refractivity contribution in [2.24, 2.45) is 0 Å². The second-order valence-electron chi connectivity index (χ2n) is 5.66. The monoisotopic (exact) mass is 337 g/mol. The van der Waals surface area contributed by atoms with E-state index in [4.69, 9.17) is 4.74 Å². The minimum atomic E-state index is -0.506. The summed E-state index contributed by atoms with van der Waals surface area (Å²) in [5.74, 6) is 0.436. The van der Waals surface area contributed by atoms with Crippen molar-refractivity contribution >= 4 is 17.6 Å². The van der Waals surface area contributed by atoms with E-state index < -0.39 is 6.04 Å². The van der Waals surface area contributed by atoms with Crippen molar-refractivity contribution in [2.45, 2.75) is 13.0 Å². The molecule has 0 saturated heterocycles. The highest BCUT2D eigenvalue weighted by molar-refractivity contribution is 6.06. The third-order valence-corrected chi connectivity index (χ3v) is 3.99. The molecule has 128 valence electrons. The first-order valence-electron chi connectivity index (χ1n) is 7.87. The number of allylic oxidation sites excluding steroid dienone is 1. The van der Waals surface area contributed by atoms with Crippen LogP contribution in [0.1, 0.15) is 18.5 Å². The molecular formula is C19H19N3O3. The van der Waals surface area contributed by atoms with Crippen molar-refractivity contribution in [3.05, 3.63) is 71.4 Å². The molecule has 25 heavy (non-hydrogen) atoms. The number of ether oxygens (including phenoxy) is 1. The van der Waals surface area contributed by atoms with Crippen molar-refractivity contribution < 1.29 is 14.3 Å². The largest absolute Gasteiger partial charge is 0.497 e. The summed E-state index contributed by atoms with van der Waals surface area (Å²) in [6.07, 6.45) is 0. The molecule has 6 heteroatoms. The summed E-state index contributed by atoms with van der Waals surface area (Å²) in [4.78, 5) is 24.7. The molecule has 1 heterocycles. The maximum Gasteiger partial charge on any atom is 0.319 e. The minimum absolute atomic E-state index is 0.274. The molecule has 0 unspecified atom stereocenters. The van der Waals surface area contributed by atoms with Crippen molar-refractivity contribution in [3.63, 3.8) is 0 Å². The second-order valence-corrected chi connectivity index (χ2v) is 5.66. The molecule has 6 nitrogen and oxygen atoms in total. The number of benzene rings is 2. The van der Waals surface area contributed by atoms with Crippen LogP contribution in [0.15, 0.2) is 65.9 Å². The first-order chi connectivity index (χ1) is 12.1. The van der Waals surface area contributed by atoms with Crippen LogP contribution in [-0.4, -0.2) is 19.0 Å². The summed E-state index contributed by atoms with van der Waals surface area (Å²) in [7, 11) is 1.59. The van der Waals surface area contributed by atoms with E-state index in [-0.39, 0.29) is 11.9 Å². The topological polar surface area (TPSA) is 79.5 Å². The van der Waals surface area contributed by atoms with Gasteiger partial charge >= 0.3 is 6.03 Å². The highest BCUT2D eigenvalue weighted by Gasteiger charge is 2.31. The third kappa shape index (κ3) is 3.63. The van der Waals surface area contributed by atoms with Crippen LogP contribution < -0.4 is 20.7 Å². The Labute approximate surface area is 145 Å². The highest BCUT2D eigenvalue weighted by Crippen LogP contribution is 2.27. The van der Waals surface area contributed by atoms with E-state index in [1.807, 2.05) is 30.3 Å². The Bertz CT molecular complexity index is 814. The number of urea groups is 1. The Morgan fingerprint density at radius 3 is 2.40 bits per heavy atom. The van der Waals surface area contributed by atoms with Crippen molar-refractivity contribution in [3.8, 4) is 5.75 Å². The van der Waals surface area contributed by atoms with Crippen LogP contribution in [0.2, 0.25) is 0 Å². The molecule has 3 N–H and O–H groups in total. The lowest BCUT2D eigenvalue weighted by Crippen LogP contribution is -2.45. The molecule has 1 aliphatic rings. The predicted octanol–water partition coefficient (Wildman–Crippen LogP) is 2.96. The fourth-order valence-corrected chi connectivity index (χ4v) is 2.76. The number of hydrogen-bond acceptors (Lipinski definition) is 3. The number of nitrogens with one attached hydrogen (secondary N) is 3. The SMILES string of the molecule is COc1ccc(NC(=O)C2=C(C)NC(=O)N[C@@H]2c2ccccc2)cc1. The molecule has 2 aromatic carbocycles. The van der Waals surface area contributed by atoms with E-state index in [0.29, 0.717) is 22.7 Å². The van der Waals surface area contributed by atoms with Crippen LogP contribution in [0.4, 0.5) is 10.5 Å². The fraction of sp³-hybridized carbons (Fsp3) is 0.158. The van der Waals surface area contributed by atoms with E-state index in [1.54, 1.807) is 38.3 Å². The van der Waals surface area contributed by atoms with Gasteiger partial charge in [-0.25, -0.2) is 4.79 Å². The van der Waals surface area contributed by atoms with Crippen molar-refractivity contribution in [1.29, 1.82) is 0 Å². The van der Waals surface area contributed by atoms with Gasteiger partial charge in [-0.3, -0.25) is 4.79 Å². The van der Waals surface area contributed by atoms with Gasteiger partial charge in [-0.2, -0.15) is 0 Å². The molecule has 0 radical (unpaired) electrons. The van der Waals surface area contributed by atoms with Gasteiger partial charge in [-0.15, -0.1) is 0 Å². The second kappa shape index (κ2) is 7.09. The zero-order valence-corrected chi connectivity index (χ0v) is 14.0. The average molecular weight is 337 g/mol. The maximum absolute atomic E-state index is 12.8. The molecule has 1 atom stereocenters. The molecule has 2 aromatic rings. The van der Waals surface area contributed by atoms with E-state index in [9.17, 15) is 9.59 Å². The van der Waals surface area contributed by atoms with E-state index in [2.05, 4.69) is 16.0 Å². The van der Waals surface area contributed by atoms with Crippen LogP contribution in [0.5, 0.6) is 5.75 Å². The van der Waals surface area contributed by atoms with Gasteiger partial charge in [0.15, 0.2) is 0 Å². The lowest BCUT2D eigenvalue weighted by molar-refractivity contribution is -0.113. The standard InChI is InChI=1S/C19H19N3O3/c1-12-16(18(23)21-14-8-10-15(25-2)11-9-14)17(22-19(24)20-12)13-6-4-3-5-7-13/h3-11,17H,1-2H3,(H,21,23)(H2,20,22,24)/t17-/m1/s1. The molecule has 3 rings (SSSR count). The fourth-order valence-electron chi connectivity index (χ4n) is 2.76. The average Bonchev–Trinajstić information content (AvgIpc) is 2.62. The summed E-state index contributed by atoms with van der Waals surface area (Å²) in [6.45, 7) is 1.72. The molecule has 3 amide bonds. The van der Waals surface area contributed by atoms with E-state index in [0.717, 1.165) is 5.56 Å². The first-order valence-corrected chi connectivity index (χ1v) is 7.87. The Hall–Kier alpha value is -3.28. The number of hydrogen-bond donors (Lipinski definition) is 3. The molecule has 0 saturated carbocycles. The number of anilines is 1. The molecular weight excluding hydrogens is 318 g/mol. The van der Waals surface area contributed by atoms with Gasteiger partial charge in [0.05, 0.1) is 18.7 Å². The van der Waals surface area contributed by atoms with Crippen molar-refractivity contribution in [2.75, 3.05) is 12.4 Å². The summed E-state index contributed by atoms with van der Waals surface area (Å²) < 4.78 is 5.11. The number of carbonyl (C=O) groups excluding carboxylic acids is 2. The quantitative estimate of drug-likeness (QED) is 0.802. The molecule has 0 aromatic heterocycles. The van der Waals surface area contributed by atoms with Crippen LogP contribution in [0.25, 0.3) is 0 Å². The van der Waals surface area contributed by atoms with Crippen LogP contribution >= 0.6 is 0 Å². The van der Waals surface area contributed by atoms with Crippen LogP contribution in [0.3, 0.4) is 0 Å². The summed E-state index contributed by atoms with van der Waals surface area (Å²) in [5, 5.41) is 8.34. The number of methoxy groups -OCH3 is 1. The normalized spacial score (nSPS) is 16.7. The Morgan fingerprint density at radius 2 is 1.76 bits per heavy atom. The van der Waals surface area contributed by atoms with Gasteiger partial charge in [0.25, 0.3) is 5.91 Å². The molecule has 0 bridgehead atoms. The number of carbonyl (C=O) groups is 2. The van der Waals surface area contributed by atoms with Gasteiger partial charge < -0.3 is 20.7 Å². The number of rotatable bonds is 4. The zero-order chi connectivity index (χ0) is 17.8. The molecule has 1 aliphatic heterocycles. The molecule has 0 fully saturated rings. The van der Waals surface area contributed by atoms with Gasteiger partial charge in [0.2, 0.25) is 0 Å². The summed E-state index contributed by atoms with van der Waals surface area (Å²) >= 11 is 0. The van der Waals surface area contributed by atoms with E-state index in [1.165, 1.54) is 0 Å². The predicted molar refractivity (Wildman–Crippen MR) is 95.2 cm³/mol. The number of amides is 3. The van der Waals surface area contributed by atoms with Crippen molar-refractivity contribution in [1.82, 2.24) is 10.6 Å². The Balaban J connectivity index is 1.89. The smallest absolute Gasteiger partial charge is 0.319 e. The molecule has 0 spiro atoms. The lowest BCUT2D eigenvalue weighted by atomic mass is 9.95. The zero-order valence-electron chi connectivity index (χ0n) is 14.0. The van der Waals surface area contributed by atoms with Gasteiger partial charge in [0.1, 0.15) is 5.75 Å². The van der Waals surface area contributed by atoms with Gasteiger partial charge in [0, 0.05) is 11.4 Å². The molecule has 0 aliphatic carbocycles. The first kappa shape index (κ1) is 16.6. The minimum Gasteiger partial charge on any atom is -0.497 e. The maximum atomic E-state index is 12.8. The Morgan fingerprint density at radius 1 is 1.08 bits per heavy atom. The van der Waals surface area contributed by atoms with E-state index >= 15 is 0 Å². The van der Waals surface area contributed by atoms with Gasteiger partial charge in [-0.05, 0) is 36.8 Å². The summed E-state index contributed by atoms with van der Waals surface area (Å²) in [5.41, 5.74) is 2.50. The van der Waals surface area contributed by atoms with Crippen LogP contribution in [-0.2, 0) is 4.79 Å².